The molecule has 1 saturated carbocycles. The van der Waals surface area contributed by atoms with Gasteiger partial charge in [-0.1, -0.05) is 0 Å². The van der Waals surface area contributed by atoms with Gasteiger partial charge in [0.1, 0.15) is 0 Å². The second kappa shape index (κ2) is 6.04. The lowest BCUT2D eigenvalue weighted by Gasteiger charge is -2.24. The monoisotopic (exact) mass is 294 g/mol. The Kier molecular flexibility index (Phi) is 4.37. The number of carboxylic acids is 1. The highest BCUT2D eigenvalue weighted by Gasteiger charge is 2.29. The first-order valence-corrected chi connectivity index (χ1v) is 6.74. The normalized spacial score (nSPS) is 15.8. The molecule has 1 aliphatic rings. The second-order valence-corrected chi connectivity index (χ2v) is 5.25. The van der Waals surface area contributed by atoms with Gasteiger partial charge in [0.15, 0.2) is 5.69 Å². The molecule has 8 nitrogen and oxygen atoms in total. The quantitative estimate of drug-likeness (QED) is 0.580. The lowest BCUT2D eigenvalue weighted by molar-refractivity contribution is -0.384. The van der Waals surface area contributed by atoms with Crippen LogP contribution in [0.5, 0.6) is 0 Å². The molecule has 1 atom stereocenters. The highest BCUT2D eigenvalue weighted by Crippen LogP contribution is 2.27. The summed E-state index contributed by atoms with van der Waals surface area (Å²) in [6, 6.07) is 3.04. The molecule has 1 fully saturated rings. The number of hydrogen-bond donors (Lipinski definition) is 2. The van der Waals surface area contributed by atoms with E-state index in [0.717, 1.165) is 12.1 Å². The number of aromatic nitrogens is 1. The first kappa shape index (κ1) is 15.2. The molecule has 1 aromatic heterocycles. The number of nitrogens with zero attached hydrogens (tertiary/aromatic N) is 3. The van der Waals surface area contributed by atoms with Crippen molar-refractivity contribution in [2.45, 2.75) is 31.8 Å². The van der Waals surface area contributed by atoms with Crippen molar-refractivity contribution >= 4 is 17.5 Å². The molecular formula is C13H18N4O4. The maximum Gasteiger partial charge on any atom is 0.354 e. The van der Waals surface area contributed by atoms with Gasteiger partial charge < -0.3 is 10.4 Å². The van der Waals surface area contributed by atoms with E-state index >= 15 is 0 Å². The molecule has 0 aliphatic heterocycles. The molecule has 1 aromatic rings. The van der Waals surface area contributed by atoms with Crippen molar-refractivity contribution in [3.05, 3.63) is 27.9 Å². The topological polar surface area (TPSA) is 109 Å². The summed E-state index contributed by atoms with van der Waals surface area (Å²) in [5.74, 6) is -1.22. The molecule has 21 heavy (non-hydrogen) atoms. The van der Waals surface area contributed by atoms with E-state index in [1.807, 2.05) is 14.0 Å². The van der Waals surface area contributed by atoms with Crippen molar-refractivity contribution in [3.63, 3.8) is 0 Å². The summed E-state index contributed by atoms with van der Waals surface area (Å²) in [4.78, 5) is 27.3. The number of anilines is 1. The molecule has 1 aliphatic carbocycles. The Morgan fingerprint density at radius 1 is 1.62 bits per heavy atom. The number of pyridine rings is 1. The highest BCUT2D eigenvalue weighted by atomic mass is 16.6. The van der Waals surface area contributed by atoms with Gasteiger partial charge in [0.25, 0.3) is 0 Å². The molecule has 0 spiro atoms. The summed E-state index contributed by atoms with van der Waals surface area (Å²) < 4.78 is 0. The van der Waals surface area contributed by atoms with Crippen LogP contribution in [0.15, 0.2) is 12.1 Å². The Bertz CT molecular complexity index is 559. The van der Waals surface area contributed by atoms with E-state index in [1.54, 1.807) is 0 Å². The molecule has 2 N–H and O–H groups in total. The van der Waals surface area contributed by atoms with Gasteiger partial charge >= 0.3 is 11.7 Å². The largest absolute Gasteiger partial charge is 0.477 e. The fourth-order valence-electron chi connectivity index (χ4n) is 2.08. The zero-order valence-electron chi connectivity index (χ0n) is 11.9. The van der Waals surface area contributed by atoms with Gasteiger partial charge in [0, 0.05) is 24.7 Å². The van der Waals surface area contributed by atoms with Crippen molar-refractivity contribution in [2.75, 3.05) is 18.9 Å². The van der Waals surface area contributed by atoms with Crippen LogP contribution in [0.25, 0.3) is 0 Å². The van der Waals surface area contributed by atoms with Crippen LogP contribution in [0.3, 0.4) is 0 Å². The van der Waals surface area contributed by atoms with E-state index in [2.05, 4.69) is 15.2 Å². The first-order valence-electron chi connectivity index (χ1n) is 6.74. The van der Waals surface area contributed by atoms with Gasteiger partial charge in [-0.25, -0.2) is 9.78 Å². The highest BCUT2D eigenvalue weighted by molar-refractivity contribution is 5.86. The molecule has 2 rings (SSSR count). The van der Waals surface area contributed by atoms with E-state index in [9.17, 15) is 14.9 Å². The molecule has 114 valence electrons. The van der Waals surface area contributed by atoms with Gasteiger partial charge in [-0.2, -0.15) is 0 Å². The zero-order chi connectivity index (χ0) is 15.6. The first-order chi connectivity index (χ1) is 9.90. The summed E-state index contributed by atoms with van der Waals surface area (Å²) in [6.07, 6.45) is 2.35. The number of nitro groups is 1. The molecule has 0 saturated heterocycles. The zero-order valence-corrected chi connectivity index (χ0v) is 11.9. The maximum atomic E-state index is 11.0. The van der Waals surface area contributed by atoms with Crippen LogP contribution in [-0.2, 0) is 0 Å². The van der Waals surface area contributed by atoms with Crippen molar-refractivity contribution < 1.29 is 14.8 Å². The average Bonchev–Trinajstić information content (AvgIpc) is 3.27. The summed E-state index contributed by atoms with van der Waals surface area (Å²) in [5, 5.41) is 22.8. The third kappa shape index (κ3) is 3.66. The Hall–Kier alpha value is -2.22. The third-order valence-corrected chi connectivity index (χ3v) is 3.67. The predicted octanol–water partition coefficient (Wildman–Crippen LogP) is 1.58. The molecule has 0 amide bonds. The molecule has 0 bridgehead atoms. The number of hydrogen-bond acceptors (Lipinski definition) is 6. The van der Waals surface area contributed by atoms with Crippen LogP contribution in [-0.4, -0.2) is 51.6 Å². The summed E-state index contributed by atoms with van der Waals surface area (Å²) in [6.45, 7) is 2.47. The number of rotatable bonds is 7. The Morgan fingerprint density at radius 2 is 2.29 bits per heavy atom. The van der Waals surface area contributed by atoms with Gasteiger partial charge in [0.05, 0.1) is 4.92 Å². The van der Waals surface area contributed by atoms with Gasteiger partial charge in [-0.05, 0) is 32.9 Å². The van der Waals surface area contributed by atoms with Gasteiger partial charge in [0.2, 0.25) is 5.82 Å². The summed E-state index contributed by atoms with van der Waals surface area (Å²) in [7, 11) is 2.01. The minimum Gasteiger partial charge on any atom is -0.477 e. The minimum absolute atomic E-state index is 0.00375. The maximum absolute atomic E-state index is 11.0. The number of nitrogens with one attached hydrogen (secondary N) is 1. The molecule has 1 heterocycles. The molecular weight excluding hydrogens is 276 g/mol. The average molecular weight is 294 g/mol. The van der Waals surface area contributed by atoms with Crippen LogP contribution in [0.4, 0.5) is 11.5 Å². The van der Waals surface area contributed by atoms with Crippen molar-refractivity contribution in [2.24, 2.45) is 0 Å². The van der Waals surface area contributed by atoms with Crippen molar-refractivity contribution in [1.82, 2.24) is 9.88 Å². The molecule has 1 unspecified atom stereocenters. The minimum atomic E-state index is -1.21. The second-order valence-electron chi connectivity index (χ2n) is 5.25. The van der Waals surface area contributed by atoms with Crippen LogP contribution in [0.1, 0.15) is 30.3 Å². The fourth-order valence-corrected chi connectivity index (χ4v) is 2.08. The third-order valence-electron chi connectivity index (χ3n) is 3.67. The molecule has 0 aromatic carbocycles. The number of likely N-dealkylation sites (N-methyl/N-ethyl adjacent to an activating group) is 1. The van der Waals surface area contributed by atoms with Crippen molar-refractivity contribution in [1.29, 1.82) is 0 Å². The molecule has 8 heteroatoms. The van der Waals surface area contributed by atoms with Crippen LogP contribution >= 0.6 is 0 Å². The van der Waals surface area contributed by atoms with Gasteiger partial charge in [-0.3, -0.25) is 15.0 Å². The van der Waals surface area contributed by atoms with Gasteiger partial charge in [-0.15, -0.1) is 0 Å². The van der Waals surface area contributed by atoms with Crippen LogP contribution in [0, 0.1) is 10.1 Å². The number of carbonyl (C=O) groups is 1. The van der Waals surface area contributed by atoms with E-state index in [-0.39, 0.29) is 23.2 Å². The predicted molar refractivity (Wildman–Crippen MR) is 76.6 cm³/mol. The van der Waals surface area contributed by atoms with Crippen molar-refractivity contribution in [3.8, 4) is 0 Å². The number of carboxylic acid groups (broad SMARTS) is 1. The summed E-state index contributed by atoms with van der Waals surface area (Å²) in [5.41, 5.74) is -0.437. The standard InChI is InChI=1S/C13H18N4O4/c1-8(16(2)9-3-4-9)7-14-12-11(17(20)21)6-5-10(15-12)13(18)19/h5-6,8-9H,3-4,7H2,1-2H3,(H,14,15)(H,18,19). The van der Waals surface area contributed by atoms with Crippen LogP contribution in [0.2, 0.25) is 0 Å². The summed E-state index contributed by atoms with van der Waals surface area (Å²) >= 11 is 0. The van der Waals surface area contributed by atoms with E-state index in [1.165, 1.54) is 12.8 Å². The lowest BCUT2D eigenvalue weighted by atomic mass is 10.2. The SMILES string of the molecule is CC(CNc1nc(C(=O)O)ccc1[N+](=O)[O-])N(C)C1CC1. The van der Waals surface area contributed by atoms with E-state index in [0.29, 0.717) is 12.6 Å². The Morgan fingerprint density at radius 3 is 2.81 bits per heavy atom. The lowest BCUT2D eigenvalue weighted by Crippen LogP contribution is -2.36. The van der Waals surface area contributed by atoms with E-state index < -0.39 is 10.9 Å². The number of aromatic carboxylic acids is 1. The molecule has 0 radical (unpaired) electrons. The Labute approximate surface area is 121 Å². The Balaban J connectivity index is 2.10. The smallest absolute Gasteiger partial charge is 0.354 e. The van der Waals surface area contributed by atoms with E-state index in [4.69, 9.17) is 5.11 Å². The van der Waals surface area contributed by atoms with Crippen LogP contribution < -0.4 is 5.32 Å². The fraction of sp³-hybridized carbons (Fsp3) is 0.538.